The highest BCUT2D eigenvalue weighted by molar-refractivity contribution is 7.98. The van der Waals surface area contributed by atoms with Gasteiger partial charge in [0.25, 0.3) is 5.91 Å². The molecule has 1 unspecified atom stereocenters. The van der Waals surface area contributed by atoms with Crippen molar-refractivity contribution in [3.05, 3.63) is 17.7 Å². The molecule has 1 amide bonds. The van der Waals surface area contributed by atoms with Crippen molar-refractivity contribution in [1.29, 1.82) is 0 Å². The lowest BCUT2D eigenvalue weighted by Crippen LogP contribution is -2.35. The van der Waals surface area contributed by atoms with Crippen molar-refractivity contribution in [1.82, 2.24) is 4.90 Å². The van der Waals surface area contributed by atoms with E-state index >= 15 is 0 Å². The monoisotopic (exact) mass is 296 g/mol. The minimum Gasteiger partial charge on any atom is -0.454 e. The van der Waals surface area contributed by atoms with E-state index in [0.29, 0.717) is 22.7 Å². The van der Waals surface area contributed by atoms with Crippen LogP contribution in [0.2, 0.25) is 0 Å². The molecule has 6 heteroatoms. The SMILES string of the molecule is CSCCC(C)N(C)C(=O)c1cc2c(cc1N)OCO2. The van der Waals surface area contributed by atoms with Gasteiger partial charge in [0.2, 0.25) is 6.79 Å². The van der Waals surface area contributed by atoms with E-state index in [1.165, 1.54) is 0 Å². The van der Waals surface area contributed by atoms with Crippen LogP contribution >= 0.6 is 11.8 Å². The zero-order chi connectivity index (χ0) is 14.7. The number of nitrogens with zero attached hydrogens (tertiary/aromatic N) is 1. The highest BCUT2D eigenvalue weighted by atomic mass is 32.2. The lowest BCUT2D eigenvalue weighted by molar-refractivity contribution is 0.0742. The molecule has 1 aliphatic rings. The molecule has 2 N–H and O–H groups in total. The van der Waals surface area contributed by atoms with Gasteiger partial charge in [0, 0.05) is 24.8 Å². The summed E-state index contributed by atoms with van der Waals surface area (Å²) in [7, 11) is 1.80. The van der Waals surface area contributed by atoms with E-state index in [4.69, 9.17) is 15.2 Å². The molecule has 2 rings (SSSR count). The average molecular weight is 296 g/mol. The smallest absolute Gasteiger partial charge is 0.256 e. The van der Waals surface area contributed by atoms with Crippen LogP contribution in [0, 0.1) is 0 Å². The van der Waals surface area contributed by atoms with Crippen LogP contribution in [0.15, 0.2) is 12.1 Å². The third-order valence-corrected chi connectivity index (χ3v) is 4.14. The molecule has 20 heavy (non-hydrogen) atoms. The van der Waals surface area contributed by atoms with Gasteiger partial charge in [-0.1, -0.05) is 0 Å². The quantitative estimate of drug-likeness (QED) is 0.844. The first kappa shape index (κ1) is 14.8. The van der Waals surface area contributed by atoms with Crippen LogP contribution in [0.5, 0.6) is 11.5 Å². The molecule has 0 fully saturated rings. The second-order valence-electron chi connectivity index (χ2n) is 4.84. The first-order chi connectivity index (χ1) is 9.54. The molecule has 0 aliphatic carbocycles. The average Bonchev–Trinajstić information content (AvgIpc) is 2.89. The number of ether oxygens (including phenoxy) is 2. The largest absolute Gasteiger partial charge is 0.454 e. The van der Waals surface area contributed by atoms with Crippen molar-refractivity contribution in [2.45, 2.75) is 19.4 Å². The molecular formula is C14H20N2O3S. The maximum absolute atomic E-state index is 12.5. The van der Waals surface area contributed by atoms with Crippen LogP contribution in [0.1, 0.15) is 23.7 Å². The maximum Gasteiger partial charge on any atom is 0.256 e. The Hall–Kier alpha value is -1.56. The van der Waals surface area contributed by atoms with Gasteiger partial charge < -0.3 is 20.1 Å². The molecule has 0 saturated carbocycles. The zero-order valence-corrected chi connectivity index (χ0v) is 12.8. The Balaban J connectivity index is 2.16. The second-order valence-corrected chi connectivity index (χ2v) is 5.82. The van der Waals surface area contributed by atoms with Crippen LogP contribution in [0.25, 0.3) is 0 Å². The fourth-order valence-electron chi connectivity index (χ4n) is 2.02. The number of benzene rings is 1. The number of amides is 1. The van der Waals surface area contributed by atoms with Crippen molar-refractivity contribution in [2.75, 3.05) is 31.6 Å². The van der Waals surface area contributed by atoms with E-state index in [1.54, 1.807) is 35.8 Å². The second kappa shape index (κ2) is 6.26. The number of thioether (sulfide) groups is 1. The fourth-order valence-corrected chi connectivity index (χ4v) is 2.59. The number of nitrogens with two attached hydrogens (primary N) is 1. The predicted octanol–water partition coefficient (Wildman–Crippen LogP) is 2.21. The molecule has 0 bridgehead atoms. The number of fused-ring (bicyclic) bond motifs is 1. The molecule has 0 spiro atoms. The normalized spacial score (nSPS) is 14.2. The number of anilines is 1. The molecule has 0 radical (unpaired) electrons. The molecule has 1 aliphatic heterocycles. The minimum atomic E-state index is -0.0885. The van der Waals surface area contributed by atoms with Gasteiger partial charge in [0.1, 0.15) is 0 Å². The van der Waals surface area contributed by atoms with E-state index in [9.17, 15) is 4.79 Å². The van der Waals surface area contributed by atoms with E-state index in [1.807, 2.05) is 6.92 Å². The fraction of sp³-hybridized carbons (Fsp3) is 0.500. The Bertz CT molecular complexity index is 507. The Morgan fingerprint density at radius 3 is 2.75 bits per heavy atom. The summed E-state index contributed by atoms with van der Waals surface area (Å²) < 4.78 is 10.5. The van der Waals surface area contributed by atoms with E-state index < -0.39 is 0 Å². The summed E-state index contributed by atoms with van der Waals surface area (Å²) in [6.45, 7) is 2.21. The third-order valence-electron chi connectivity index (χ3n) is 3.50. The van der Waals surface area contributed by atoms with Gasteiger partial charge in [-0.3, -0.25) is 4.79 Å². The van der Waals surface area contributed by atoms with Crippen molar-refractivity contribution in [3.63, 3.8) is 0 Å². The van der Waals surface area contributed by atoms with E-state index in [2.05, 4.69) is 6.26 Å². The highest BCUT2D eigenvalue weighted by Crippen LogP contribution is 2.36. The maximum atomic E-state index is 12.5. The number of carbonyl (C=O) groups excluding carboxylic acids is 1. The van der Waals surface area contributed by atoms with Gasteiger partial charge in [-0.15, -0.1) is 0 Å². The van der Waals surface area contributed by atoms with Crippen molar-refractivity contribution >= 4 is 23.4 Å². The molecule has 5 nitrogen and oxygen atoms in total. The number of carbonyl (C=O) groups is 1. The molecule has 1 heterocycles. The minimum absolute atomic E-state index is 0.0885. The van der Waals surface area contributed by atoms with Crippen molar-refractivity contribution < 1.29 is 14.3 Å². The first-order valence-corrected chi connectivity index (χ1v) is 7.89. The van der Waals surface area contributed by atoms with E-state index in [0.717, 1.165) is 12.2 Å². The van der Waals surface area contributed by atoms with E-state index in [-0.39, 0.29) is 18.7 Å². The molecule has 0 saturated heterocycles. The standard InChI is InChI=1S/C14H20N2O3S/c1-9(4-5-20-3)16(2)14(17)10-6-12-13(7-11(10)15)19-8-18-12/h6-7,9H,4-5,8,15H2,1-3H3. The summed E-state index contributed by atoms with van der Waals surface area (Å²) in [5.41, 5.74) is 6.83. The van der Waals surface area contributed by atoms with Gasteiger partial charge in [-0.2, -0.15) is 11.8 Å². The summed E-state index contributed by atoms with van der Waals surface area (Å²) in [6.07, 6.45) is 3.01. The van der Waals surface area contributed by atoms with Gasteiger partial charge in [-0.05, 0) is 31.4 Å². The molecule has 1 atom stereocenters. The van der Waals surface area contributed by atoms with Gasteiger partial charge in [0.15, 0.2) is 11.5 Å². The predicted molar refractivity (Wildman–Crippen MR) is 81.5 cm³/mol. The van der Waals surface area contributed by atoms with Crippen LogP contribution in [0.3, 0.4) is 0 Å². The van der Waals surface area contributed by atoms with Crippen LogP contribution in [0.4, 0.5) is 5.69 Å². The summed E-state index contributed by atoms with van der Waals surface area (Å²) >= 11 is 1.78. The Kier molecular flexibility index (Phi) is 4.65. The van der Waals surface area contributed by atoms with Crippen molar-refractivity contribution in [3.8, 4) is 11.5 Å². The molecule has 1 aromatic carbocycles. The topological polar surface area (TPSA) is 64.8 Å². The summed E-state index contributed by atoms with van der Waals surface area (Å²) in [4.78, 5) is 14.2. The van der Waals surface area contributed by atoms with Gasteiger partial charge in [-0.25, -0.2) is 0 Å². The lowest BCUT2D eigenvalue weighted by atomic mass is 10.1. The van der Waals surface area contributed by atoms with Crippen LogP contribution < -0.4 is 15.2 Å². The van der Waals surface area contributed by atoms with Gasteiger partial charge in [0.05, 0.1) is 5.56 Å². The van der Waals surface area contributed by atoms with Crippen molar-refractivity contribution in [2.24, 2.45) is 0 Å². The molecular weight excluding hydrogens is 276 g/mol. The Labute approximate surface area is 123 Å². The summed E-state index contributed by atoms with van der Waals surface area (Å²) in [6, 6.07) is 3.48. The zero-order valence-electron chi connectivity index (χ0n) is 12.0. The summed E-state index contributed by atoms with van der Waals surface area (Å²) in [5.74, 6) is 2.11. The summed E-state index contributed by atoms with van der Waals surface area (Å²) in [5, 5.41) is 0. The number of nitrogen functional groups attached to an aromatic ring is 1. The van der Waals surface area contributed by atoms with Crippen LogP contribution in [-0.2, 0) is 0 Å². The number of hydrogen-bond acceptors (Lipinski definition) is 5. The molecule has 1 aromatic rings. The number of rotatable bonds is 5. The lowest BCUT2D eigenvalue weighted by Gasteiger charge is -2.25. The van der Waals surface area contributed by atoms with Gasteiger partial charge >= 0.3 is 0 Å². The Morgan fingerprint density at radius 2 is 2.10 bits per heavy atom. The molecule has 110 valence electrons. The first-order valence-electron chi connectivity index (χ1n) is 6.49. The third kappa shape index (κ3) is 2.95. The van der Waals surface area contributed by atoms with Crippen LogP contribution in [-0.4, -0.2) is 42.7 Å². The molecule has 0 aromatic heterocycles. The highest BCUT2D eigenvalue weighted by Gasteiger charge is 2.23. The number of hydrogen-bond donors (Lipinski definition) is 1. The Morgan fingerprint density at radius 1 is 1.45 bits per heavy atom.